The van der Waals surface area contributed by atoms with Gasteiger partial charge in [0.25, 0.3) is 0 Å². The molecule has 0 rings (SSSR count). The van der Waals surface area contributed by atoms with Crippen molar-refractivity contribution in [3.05, 3.63) is 0 Å². The molecule has 0 amide bonds. The lowest BCUT2D eigenvalue weighted by Gasteiger charge is -2.25. The molecule has 1 atom stereocenters. The first-order chi connectivity index (χ1) is 9.26. The third-order valence-electron chi connectivity index (χ3n) is 2.51. The van der Waals surface area contributed by atoms with Crippen LogP contribution in [0.15, 0.2) is 0 Å². The van der Waals surface area contributed by atoms with Crippen molar-refractivity contribution in [2.24, 2.45) is 5.92 Å². The summed E-state index contributed by atoms with van der Waals surface area (Å²) in [6, 6.07) is 0. The highest BCUT2D eigenvalue weighted by Gasteiger charge is 2.20. The molecule has 0 bridgehead atoms. The van der Waals surface area contributed by atoms with Crippen LogP contribution < -0.4 is 0 Å². The Balaban J connectivity index is 3.89. The van der Waals surface area contributed by atoms with E-state index in [4.69, 9.17) is 19.2 Å². The van der Waals surface area contributed by atoms with Crippen molar-refractivity contribution < 1.29 is 24.0 Å². The Morgan fingerprint density at radius 3 is 2.20 bits per heavy atom. The highest BCUT2D eigenvalue weighted by atomic mass is 17.2. The second-order valence-corrected chi connectivity index (χ2v) is 6.16. The summed E-state index contributed by atoms with van der Waals surface area (Å²) in [4.78, 5) is 22.0. The van der Waals surface area contributed by atoms with Crippen LogP contribution in [-0.2, 0) is 19.2 Å². The Labute approximate surface area is 122 Å². The average molecular weight is 290 g/mol. The van der Waals surface area contributed by atoms with Crippen molar-refractivity contribution in [3.8, 4) is 0 Å². The van der Waals surface area contributed by atoms with Gasteiger partial charge in [0.15, 0.2) is 0 Å². The zero-order valence-electron chi connectivity index (χ0n) is 13.7. The number of unbranched alkanes of at least 4 members (excludes halogenated alkanes) is 1. The fourth-order valence-corrected chi connectivity index (χ4v) is 1.30. The van der Waals surface area contributed by atoms with E-state index in [1.54, 1.807) is 0 Å². The smallest absolute Gasteiger partial charge is 0.434 e. The topological polar surface area (TPSA) is 54.0 Å². The summed E-state index contributed by atoms with van der Waals surface area (Å²) in [7, 11) is 0. The molecule has 0 aromatic carbocycles. The molecule has 0 radical (unpaired) electrons. The van der Waals surface area contributed by atoms with Gasteiger partial charge in [0, 0.05) is 6.42 Å². The zero-order chi connectivity index (χ0) is 15.6. The van der Waals surface area contributed by atoms with E-state index in [1.807, 2.05) is 41.5 Å². The summed E-state index contributed by atoms with van der Waals surface area (Å²) < 4.78 is 9.91. The molecular formula is C15H30O5. The molecule has 0 aliphatic rings. The molecule has 5 nitrogen and oxygen atoms in total. The molecule has 0 N–H and O–H groups in total. The lowest BCUT2D eigenvalue weighted by molar-refractivity contribution is -0.380. The van der Waals surface area contributed by atoms with Gasteiger partial charge in [-0.3, -0.25) is 0 Å². The SMILES string of the molecule is CCCCOC(=O)OCCC(OOC(C)(C)C)C(C)C. The molecule has 0 fully saturated rings. The monoisotopic (exact) mass is 290 g/mol. The van der Waals surface area contributed by atoms with E-state index < -0.39 is 6.16 Å². The van der Waals surface area contributed by atoms with Crippen LogP contribution in [0.2, 0.25) is 0 Å². The first-order valence-electron chi connectivity index (χ1n) is 7.40. The summed E-state index contributed by atoms with van der Waals surface area (Å²) in [6.45, 7) is 12.6. The Hall–Kier alpha value is -0.810. The van der Waals surface area contributed by atoms with Crippen LogP contribution in [0.1, 0.15) is 60.8 Å². The van der Waals surface area contributed by atoms with Crippen molar-refractivity contribution >= 4 is 6.16 Å². The highest BCUT2D eigenvalue weighted by molar-refractivity contribution is 5.59. The largest absolute Gasteiger partial charge is 0.508 e. The van der Waals surface area contributed by atoms with E-state index in [1.165, 1.54) is 0 Å². The summed E-state index contributed by atoms with van der Waals surface area (Å²) in [5.41, 5.74) is -0.354. The molecule has 1 unspecified atom stereocenters. The van der Waals surface area contributed by atoms with Gasteiger partial charge in [0.2, 0.25) is 0 Å². The lowest BCUT2D eigenvalue weighted by Crippen LogP contribution is -2.28. The molecular weight excluding hydrogens is 260 g/mol. The normalized spacial score (nSPS) is 13.3. The third kappa shape index (κ3) is 11.1. The van der Waals surface area contributed by atoms with E-state index in [0.29, 0.717) is 13.0 Å². The van der Waals surface area contributed by atoms with E-state index in [-0.39, 0.29) is 24.2 Å². The first-order valence-corrected chi connectivity index (χ1v) is 7.40. The average Bonchev–Trinajstić information content (AvgIpc) is 2.32. The Morgan fingerprint density at radius 1 is 1.10 bits per heavy atom. The van der Waals surface area contributed by atoms with E-state index >= 15 is 0 Å². The maximum atomic E-state index is 11.3. The molecule has 0 aromatic rings. The number of carbonyl (C=O) groups excluding carboxylic acids is 1. The summed E-state index contributed by atoms with van der Waals surface area (Å²) in [5, 5.41) is 0. The molecule has 20 heavy (non-hydrogen) atoms. The minimum atomic E-state index is -0.613. The number of ether oxygens (including phenoxy) is 2. The van der Waals surface area contributed by atoms with Gasteiger partial charge >= 0.3 is 6.16 Å². The maximum Gasteiger partial charge on any atom is 0.508 e. The quantitative estimate of drug-likeness (QED) is 0.277. The van der Waals surface area contributed by atoms with Crippen molar-refractivity contribution in [3.63, 3.8) is 0 Å². The van der Waals surface area contributed by atoms with Crippen LogP contribution in [-0.4, -0.2) is 31.1 Å². The third-order valence-corrected chi connectivity index (χ3v) is 2.51. The zero-order valence-corrected chi connectivity index (χ0v) is 13.7. The van der Waals surface area contributed by atoms with E-state index in [2.05, 4.69) is 0 Å². The Bertz CT molecular complexity index is 257. The van der Waals surface area contributed by atoms with Gasteiger partial charge in [-0.1, -0.05) is 27.2 Å². The minimum Gasteiger partial charge on any atom is -0.434 e. The van der Waals surface area contributed by atoms with Gasteiger partial charge in [-0.05, 0) is 33.1 Å². The first kappa shape index (κ1) is 19.2. The van der Waals surface area contributed by atoms with Crippen LogP contribution in [0.3, 0.4) is 0 Å². The van der Waals surface area contributed by atoms with Crippen LogP contribution in [0.5, 0.6) is 0 Å². The molecule has 0 aromatic heterocycles. The highest BCUT2D eigenvalue weighted by Crippen LogP contribution is 2.16. The van der Waals surface area contributed by atoms with Crippen molar-refractivity contribution in [2.45, 2.75) is 72.5 Å². The molecule has 0 aliphatic carbocycles. The van der Waals surface area contributed by atoms with Crippen LogP contribution in [0, 0.1) is 5.92 Å². The molecule has 5 heteroatoms. The van der Waals surface area contributed by atoms with Gasteiger partial charge in [0.05, 0.1) is 24.9 Å². The van der Waals surface area contributed by atoms with Crippen LogP contribution in [0.25, 0.3) is 0 Å². The molecule has 0 aliphatic heterocycles. The van der Waals surface area contributed by atoms with Gasteiger partial charge in [-0.25, -0.2) is 14.6 Å². The van der Waals surface area contributed by atoms with Crippen molar-refractivity contribution in [1.29, 1.82) is 0 Å². The number of hydrogen-bond acceptors (Lipinski definition) is 5. The van der Waals surface area contributed by atoms with Gasteiger partial charge in [-0.15, -0.1) is 0 Å². The van der Waals surface area contributed by atoms with Crippen molar-refractivity contribution in [2.75, 3.05) is 13.2 Å². The van der Waals surface area contributed by atoms with Crippen molar-refractivity contribution in [1.82, 2.24) is 0 Å². The second kappa shape index (κ2) is 10.00. The fraction of sp³-hybridized carbons (Fsp3) is 0.933. The predicted molar refractivity (Wildman–Crippen MR) is 77.4 cm³/mol. The predicted octanol–water partition coefficient (Wildman–Crippen LogP) is 4.10. The van der Waals surface area contributed by atoms with Gasteiger partial charge in [-0.2, -0.15) is 0 Å². The van der Waals surface area contributed by atoms with Crippen LogP contribution >= 0.6 is 0 Å². The molecule has 0 saturated heterocycles. The summed E-state index contributed by atoms with van der Waals surface area (Å²) in [5.74, 6) is 0.275. The number of rotatable bonds is 9. The lowest BCUT2D eigenvalue weighted by atomic mass is 10.1. The number of carbonyl (C=O) groups is 1. The number of hydrogen-bond donors (Lipinski definition) is 0. The maximum absolute atomic E-state index is 11.3. The van der Waals surface area contributed by atoms with Gasteiger partial charge < -0.3 is 9.47 Å². The fourth-order valence-electron chi connectivity index (χ4n) is 1.30. The molecule has 120 valence electrons. The van der Waals surface area contributed by atoms with E-state index in [9.17, 15) is 4.79 Å². The minimum absolute atomic E-state index is 0.113. The van der Waals surface area contributed by atoms with E-state index in [0.717, 1.165) is 12.8 Å². The van der Waals surface area contributed by atoms with Crippen LogP contribution in [0.4, 0.5) is 4.79 Å². The Morgan fingerprint density at radius 2 is 1.70 bits per heavy atom. The Kier molecular flexibility index (Phi) is 9.59. The van der Waals surface area contributed by atoms with Gasteiger partial charge in [0.1, 0.15) is 0 Å². The molecule has 0 spiro atoms. The summed E-state index contributed by atoms with van der Waals surface area (Å²) >= 11 is 0. The summed E-state index contributed by atoms with van der Waals surface area (Å²) in [6.07, 6.45) is 1.69. The standard InChI is InChI=1S/C15H30O5/c1-7-8-10-17-14(16)18-11-9-13(12(2)3)19-20-15(4,5)6/h12-13H,7-11H2,1-6H3. The second-order valence-electron chi connectivity index (χ2n) is 6.16. The molecule has 0 heterocycles. The molecule has 0 saturated carbocycles.